The van der Waals surface area contributed by atoms with Gasteiger partial charge < -0.3 is 5.73 Å². The molecule has 0 heterocycles. The molecule has 0 bridgehead atoms. The summed E-state index contributed by atoms with van der Waals surface area (Å²) in [5, 5.41) is 0. The number of hydrogen-bond donors (Lipinski definition) is 1. The van der Waals surface area contributed by atoms with Gasteiger partial charge in [0, 0.05) is 6.42 Å². The number of ketones is 1. The fourth-order valence-electron chi connectivity index (χ4n) is 1.28. The van der Waals surface area contributed by atoms with Crippen LogP contribution in [0.3, 0.4) is 0 Å². The van der Waals surface area contributed by atoms with Gasteiger partial charge in [-0.3, -0.25) is 4.79 Å². The molecule has 0 aliphatic carbocycles. The van der Waals surface area contributed by atoms with Gasteiger partial charge in [0.2, 0.25) is 0 Å². The zero-order chi connectivity index (χ0) is 12.3. The van der Waals surface area contributed by atoms with Crippen molar-refractivity contribution in [2.24, 2.45) is 11.7 Å². The van der Waals surface area contributed by atoms with Crippen molar-refractivity contribution < 1.29 is 18.0 Å². The van der Waals surface area contributed by atoms with Gasteiger partial charge in [-0.15, -0.1) is 0 Å². The normalized spacial score (nSPS) is 18.3. The standard InChI is InChI=1S/C10H18F3NO/c1-4-5-7(2)6-8(15)9(3,14)10(11,12)13/h7H,4-6,14H2,1-3H3. The Morgan fingerprint density at radius 1 is 1.40 bits per heavy atom. The number of halogens is 3. The molecule has 15 heavy (non-hydrogen) atoms. The van der Waals surface area contributed by atoms with Gasteiger partial charge >= 0.3 is 6.18 Å². The van der Waals surface area contributed by atoms with Crippen LogP contribution >= 0.6 is 0 Å². The van der Waals surface area contributed by atoms with Crippen molar-refractivity contribution in [3.63, 3.8) is 0 Å². The number of carbonyl (C=O) groups excluding carboxylic acids is 1. The highest BCUT2D eigenvalue weighted by Crippen LogP contribution is 2.30. The Hall–Kier alpha value is -0.580. The first kappa shape index (κ1) is 14.4. The van der Waals surface area contributed by atoms with Crippen molar-refractivity contribution >= 4 is 5.78 Å². The lowest BCUT2D eigenvalue weighted by atomic mass is 9.88. The Balaban J connectivity index is 4.45. The van der Waals surface area contributed by atoms with E-state index in [0.29, 0.717) is 0 Å². The van der Waals surface area contributed by atoms with E-state index in [1.54, 1.807) is 6.92 Å². The monoisotopic (exact) mass is 225 g/mol. The van der Waals surface area contributed by atoms with Crippen molar-refractivity contribution in [2.75, 3.05) is 0 Å². The van der Waals surface area contributed by atoms with E-state index in [1.807, 2.05) is 6.92 Å². The van der Waals surface area contributed by atoms with Crippen LogP contribution in [0.2, 0.25) is 0 Å². The SMILES string of the molecule is CCCC(C)CC(=O)C(C)(N)C(F)(F)F. The molecule has 0 spiro atoms. The lowest BCUT2D eigenvalue weighted by Crippen LogP contribution is -2.57. The first-order valence-electron chi connectivity index (χ1n) is 5.01. The summed E-state index contributed by atoms with van der Waals surface area (Å²) in [7, 11) is 0. The molecule has 0 fully saturated rings. The average molecular weight is 225 g/mol. The van der Waals surface area contributed by atoms with E-state index in [2.05, 4.69) is 0 Å². The quantitative estimate of drug-likeness (QED) is 0.781. The number of hydrogen-bond acceptors (Lipinski definition) is 2. The van der Waals surface area contributed by atoms with Gasteiger partial charge in [-0.25, -0.2) is 0 Å². The molecule has 90 valence electrons. The van der Waals surface area contributed by atoms with E-state index in [0.717, 1.165) is 19.8 Å². The van der Waals surface area contributed by atoms with Crippen LogP contribution in [0.15, 0.2) is 0 Å². The predicted octanol–water partition coefficient (Wildman–Crippen LogP) is 2.66. The molecule has 0 aromatic rings. The maximum Gasteiger partial charge on any atom is 0.413 e. The highest BCUT2D eigenvalue weighted by atomic mass is 19.4. The number of nitrogens with two attached hydrogens (primary N) is 1. The second-order valence-electron chi connectivity index (χ2n) is 4.22. The lowest BCUT2D eigenvalue weighted by molar-refractivity contribution is -0.186. The minimum Gasteiger partial charge on any atom is -0.312 e. The molecule has 0 aromatic carbocycles. The van der Waals surface area contributed by atoms with Gasteiger partial charge in [-0.2, -0.15) is 13.2 Å². The summed E-state index contributed by atoms with van der Waals surface area (Å²) in [5.41, 5.74) is 2.29. The van der Waals surface area contributed by atoms with Crippen LogP contribution in [-0.4, -0.2) is 17.5 Å². The Labute approximate surface area is 88.0 Å². The first-order valence-corrected chi connectivity index (χ1v) is 5.01. The highest BCUT2D eigenvalue weighted by molar-refractivity contribution is 5.88. The minimum atomic E-state index is -4.67. The smallest absolute Gasteiger partial charge is 0.312 e. The molecule has 2 atom stereocenters. The molecule has 2 unspecified atom stereocenters. The lowest BCUT2D eigenvalue weighted by Gasteiger charge is -2.27. The average Bonchev–Trinajstić information content (AvgIpc) is 2.02. The maximum absolute atomic E-state index is 12.4. The molecular weight excluding hydrogens is 207 g/mol. The van der Waals surface area contributed by atoms with Gasteiger partial charge in [-0.05, 0) is 12.8 Å². The third kappa shape index (κ3) is 3.81. The second-order valence-corrected chi connectivity index (χ2v) is 4.22. The Morgan fingerprint density at radius 3 is 2.20 bits per heavy atom. The van der Waals surface area contributed by atoms with E-state index in [4.69, 9.17) is 5.73 Å². The maximum atomic E-state index is 12.4. The van der Waals surface area contributed by atoms with Crippen molar-refractivity contribution in [1.29, 1.82) is 0 Å². The summed E-state index contributed by atoms with van der Waals surface area (Å²) in [6.07, 6.45) is -3.20. The summed E-state index contributed by atoms with van der Waals surface area (Å²) >= 11 is 0. The van der Waals surface area contributed by atoms with Gasteiger partial charge in [0.15, 0.2) is 11.3 Å². The van der Waals surface area contributed by atoms with E-state index in [9.17, 15) is 18.0 Å². The van der Waals surface area contributed by atoms with Crippen molar-refractivity contribution in [2.45, 2.75) is 51.7 Å². The summed E-state index contributed by atoms with van der Waals surface area (Å²) in [4.78, 5) is 11.4. The van der Waals surface area contributed by atoms with Crippen molar-refractivity contribution in [3.05, 3.63) is 0 Å². The van der Waals surface area contributed by atoms with Crippen LogP contribution in [0.1, 0.15) is 40.0 Å². The fourth-order valence-corrected chi connectivity index (χ4v) is 1.28. The number of Topliss-reactive ketones (excluding diaryl/α,β-unsaturated/α-hetero) is 1. The molecule has 0 radical (unpaired) electrons. The summed E-state index contributed by atoms with van der Waals surface area (Å²) in [5.74, 6) is -0.983. The van der Waals surface area contributed by atoms with Crippen molar-refractivity contribution in [3.8, 4) is 0 Å². The Morgan fingerprint density at radius 2 is 1.87 bits per heavy atom. The molecule has 0 aliphatic rings. The molecule has 0 rings (SSSR count). The molecule has 2 N–H and O–H groups in total. The third-order valence-electron chi connectivity index (χ3n) is 2.48. The van der Waals surface area contributed by atoms with E-state index in [-0.39, 0.29) is 12.3 Å². The molecule has 0 aromatic heterocycles. The summed E-state index contributed by atoms with van der Waals surface area (Å²) in [6.45, 7) is 4.41. The van der Waals surface area contributed by atoms with E-state index < -0.39 is 17.5 Å². The van der Waals surface area contributed by atoms with Crippen molar-refractivity contribution in [1.82, 2.24) is 0 Å². The molecule has 0 saturated heterocycles. The molecule has 0 saturated carbocycles. The van der Waals surface area contributed by atoms with Crippen LogP contribution in [0.25, 0.3) is 0 Å². The van der Waals surface area contributed by atoms with Gasteiger partial charge in [0.05, 0.1) is 0 Å². The summed E-state index contributed by atoms with van der Waals surface area (Å²) < 4.78 is 37.1. The predicted molar refractivity (Wildman–Crippen MR) is 52.3 cm³/mol. The van der Waals surface area contributed by atoms with Crippen LogP contribution in [0.5, 0.6) is 0 Å². The van der Waals surface area contributed by atoms with Crippen LogP contribution in [0.4, 0.5) is 13.2 Å². The third-order valence-corrected chi connectivity index (χ3v) is 2.48. The topological polar surface area (TPSA) is 43.1 Å². The first-order chi connectivity index (χ1) is 6.63. The minimum absolute atomic E-state index is 0.0484. The molecular formula is C10H18F3NO. The molecule has 2 nitrogen and oxygen atoms in total. The number of alkyl halides is 3. The second kappa shape index (κ2) is 4.96. The number of carbonyl (C=O) groups is 1. The van der Waals surface area contributed by atoms with E-state index in [1.165, 1.54) is 0 Å². The Bertz CT molecular complexity index is 223. The van der Waals surface area contributed by atoms with Crippen LogP contribution < -0.4 is 5.73 Å². The zero-order valence-electron chi connectivity index (χ0n) is 9.32. The van der Waals surface area contributed by atoms with Gasteiger partial charge in [-0.1, -0.05) is 26.7 Å². The largest absolute Gasteiger partial charge is 0.413 e. The van der Waals surface area contributed by atoms with E-state index >= 15 is 0 Å². The summed E-state index contributed by atoms with van der Waals surface area (Å²) in [6, 6.07) is 0. The van der Waals surface area contributed by atoms with Gasteiger partial charge in [0.25, 0.3) is 0 Å². The zero-order valence-corrected chi connectivity index (χ0v) is 9.32. The molecule has 5 heteroatoms. The number of rotatable bonds is 5. The van der Waals surface area contributed by atoms with Crippen LogP contribution in [-0.2, 0) is 4.79 Å². The van der Waals surface area contributed by atoms with Crippen LogP contribution in [0, 0.1) is 5.92 Å². The molecule has 0 aliphatic heterocycles. The molecule has 0 amide bonds. The van der Waals surface area contributed by atoms with Gasteiger partial charge in [0.1, 0.15) is 0 Å². The fraction of sp³-hybridized carbons (Fsp3) is 0.900. The Kier molecular flexibility index (Phi) is 4.77. The highest BCUT2D eigenvalue weighted by Gasteiger charge is 2.53.